The average Bonchev–Trinajstić information content (AvgIpc) is 3.21. The van der Waals surface area contributed by atoms with Gasteiger partial charge in [-0.1, -0.05) is 65.4 Å². The van der Waals surface area contributed by atoms with Crippen LogP contribution in [0, 0.1) is 6.92 Å². The molecule has 158 valence electrons. The van der Waals surface area contributed by atoms with Crippen molar-refractivity contribution in [2.45, 2.75) is 18.4 Å². The lowest BCUT2D eigenvalue weighted by atomic mass is 10.1. The molecule has 0 unspecified atom stereocenters. The highest BCUT2D eigenvalue weighted by molar-refractivity contribution is 7.90. The van der Waals surface area contributed by atoms with Gasteiger partial charge in [-0.3, -0.25) is 9.69 Å². The molecule has 1 aromatic heterocycles. The Labute approximate surface area is 189 Å². The van der Waals surface area contributed by atoms with E-state index in [0.717, 1.165) is 27.6 Å². The fourth-order valence-corrected chi connectivity index (χ4v) is 5.20. The third kappa shape index (κ3) is 4.49. The number of sulfone groups is 1. The van der Waals surface area contributed by atoms with Gasteiger partial charge >= 0.3 is 0 Å². The first-order chi connectivity index (χ1) is 14.7. The van der Waals surface area contributed by atoms with Crippen molar-refractivity contribution in [3.63, 3.8) is 0 Å². The quantitative estimate of drug-likeness (QED) is 0.385. The normalized spacial score (nSPS) is 11.6. The molecule has 0 aliphatic rings. The Hall–Kier alpha value is -2.74. The summed E-state index contributed by atoms with van der Waals surface area (Å²) in [6.45, 7) is 2.24. The van der Waals surface area contributed by atoms with Crippen LogP contribution in [-0.2, 0) is 16.4 Å². The summed E-state index contributed by atoms with van der Waals surface area (Å²) in [5.74, 6) is -0.331. The molecule has 0 N–H and O–H groups in total. The van der Waals surface area contributed by atoms with Crippen LogP contribution in [0.15, 0.2) is 71.6 Å². The molecule has 0 fully saturated rings. The fourth-order valence-electron chi connectivity index (χ4n) is 3.21. The van der Waals surface area contributed by atoms with Gasteiger partial charge in [-0.05, 0) is 42.3 Å². The lowest BCUT2D eigenvalue weighted by molar-refractivity contribution is 0.0985. The van der Waals surface area contributed by atoms with Crippen LogP contribution in [0.4, 0.5) is 5.13 Å². The van der Waals surface area contributed by atoms with Gasteiger partial charge < -0.3 is 0 Å². The van der Waals surface area contributed by atoms with Crippen LogP contribution in [0.1, 0.15) is 21.5 Å². The van der Waals surface area contributed by atoms with E-state index in [-0.39, 0.29) is 16.4 Å². The summed E-state index contributed by atoms with van der Waals surface area (Å²) in [5, 5.41) is 1.08. The number of hydrogen-bond donors (Lipinski definition) is 0. The first-order valence-corrected chi connectivity index (χ1v) is 12.5. The molecule has 4 aromatic rings. The molecule has 1 heterocycles. The number of amides is 1. The number of benzene rings is 3. The number of rotatable bonds is 5. The lowest BCUT2D eigenvalue weighted by Crippen LogP contribution is -2.30. The molecule has 8 heteroatoms. The number of fused-ring (bicyclic) bond motifs is 1. The summed E-state index contributed by atoms with van der Waals surface area (Å²) in [6, 6.07) is 19.4. The number of aryl methyl sites for hydroxylation is 1. The van der Waals surface area contributed by atoms with Gasteiger partial charge in [-0.15, -0.1) is 0 Å². The summed E-state index contributed by atoms with van der Waals surface area (Å²) in [4.78, 5) is 19.9. The van der Waals surface area contributed by atoms with Crippen molar-refractivity contribution in [2.75, 3.05) is 11.2 Å². The number of halogens is 1. The first-order valence-electron chi connectivity index (χ1n) is 9.45. The van der Waals surface area contributed by atoms with Gasteiger partial charge in [0, 0.05) is 11.8 Å². The molecule has 0 aliphatic heterocycles. The number of aromatic nitrogens is 1. The van der Waals surface area contributed by atoms with Crippen LogP contribution in [0.2, 0.25) is 5.02 Å². The zero-order valence-corrected chi connectivity index (χ0v) is 19.3. The number of anilines is 1. The van der Waals surface area contributed by atoms with Crippen molar-refractivity contribution < 1.29 is 13.2 Å². The fraction of sp³-hybridized carbons (Fsp3) is 0.130. The molecule has 0 bridgehead atoms. The van der Waals surface area contributed by atoms with Gasteiger partial charge in [-0.25, -0.2) is 13.4 Å². The summed E-state index contributed by atoms with van der Waals surface area (Å²) in [5.41, 5.74) is 2.93. The van der Waals surface area contributed by atoms with Crippen LogP contribution < -0.4 is 4.90 Å². The number of thiazole rings is 1. The second-order valence-corrected chi connectivity index (χ2v) is 10.6. The van der Waals surface area contributed by atoms with Crippen LogP contribution in [0.3, 0.4) is 0 Å². The van der Waals surface area contributed by atoms with Crippen molar-refractivity contribution in [3.8, 4) is 0 Å². The Kier molecular flexibility index (Phi) is 5.83. The SMILES string of the molecule is Cc1ccc(Cl)c2sc(N(Cc3ccccc3)C(=O)c3cccc(S(C)(=O)=O)c3)nc12. The van der Waals surface area contributed by atoms with Gasteiger partial charge in [0.2, 0.25) is 0 Å². The van der Waals surface area contributed by atoms with Crippen LogP contribution in [-0.4, -0.2) is 25.6 Å². The Morgan fingerprint density at radius 1 is 1.06 bits per heavy atom. The second-order valence-electron chi connectivity index (χ2n) is 7.22. The van der Waals surface area contributed by atoms with Crippen molar-refractivity contribution in [1.29, 1.82) is 0 Å². The van der Waals surface area contributed by atoms with E-state index in [4.69, 9.17) is 16.6 Å². The zero-order chi connectivity index (χ0) is 22.2. The lowest BCUT2D eigenvalue weighted by Gasteiger charge is -2.20. The molecule has 0 aliphatic carbocycles. The molecule has 0 atom stereocenters. The van der Waals surface area contributed by atoms with Gasteiger partial charge in [-0.2, -0.15) is 0 Å². The van der Waals surface area contributed by atoms with E-state index in [0.29, 0.717) is 16.7 Å². The minimum atomic E-state index is -3.44. The van der Waals surface area contributed by atoms with E-state index >= 15 is 0 Å². The molecule has 0 radical (unpaired) electrons. The molecule has 0 saturated heterocycles. The minimum absolute atomic E-state index is 0.0983. The second kappa shape index (κ2) is 8.42. The Morgan fingerprint density at radius 3 is 2.48 bits per heavy atom. The maximum Gasteiger partial charge on any atom is 0.260 e. The number of nitrogens with zero attached hydrogens (tertiary/aromatic N) is 2. The molecule has 5 nitrogen and oxygen atoms in total. The van der Waals surface area contributed by atoms with Crippen molar-refractivity contribution in [3.05, 3.63) is 88.4 Å². The maximum atomic E-state index is 13.5. The number of hydrogen-bond acceptors (Lipinski definition) is 5. The van der Waals surface area contributed by atoms with E-state index in [9.17, 15) is 13.2 Å². The molecule has 0 saturated carbocycles. The third-order valence-corrected chi connectivity index (χ3v) is 7.50. The van der Waals surface area contributed by atoms with E-state index in [1.165, 1.54) is 23.5 Å². The number of carbonyl (C=O) groups excluding carboxylic acids is 1. The van der Waals surface area contributed by atoms with Crippen LogP contribution in [0.25, 0.3) is 10.2 Å². The highest BCUT2D eigenvalue weighted by Gasteiger charge is 2.24. The van der Waals surface area contributed by atoms with Crippen molar-refractivity contribution >= 4 is 54.0 Å². The average molecular weight is 471 g/mol. The van der Waals surface area contributed by atoms with E-state index in [1.54, 1.807) is 17.0 Å². The molecule has 3 aromatic carbocycles. The monoisotopic (exact) mass is 470 g/mol. The molecule has 31 heavy (non-hydrogen) atoms. The van der Waals surface area contributed by atoms with Crippen molar-refractivity contribution in [2.24, 2.45) is 0 Å². The predicted molar refractivity (Wildman–Crippen MR) is 126 cm³/mol. The molecular weight excluding hydrogens is 452 g/mol. The van der Waals surface area contributed by atoms with E-state index < -0.39 is 9.84 Å². The van der Waals surface area contributed by atoms with Crippen LogP contribution in [0.5, 0.6) is 0 Å². The Bertz CT molecular complexity index is 1340. The largest absolute Gasteiger partial charge is 0.279 e. The third-order valence-electron chi connectivity index (χ3n) is 4.85. The summed E-state index contributed by atoms with van der Waals surface area (Å²) in [6.07, 6.45) is 1.12. The maximum absolute atomic E-state index is 13.5. The van der Waals surface area contributed by atoms with Gasteiger partial charge in [0.25, 0.3) is 5.91 Å². The van der Waals surface area contributed by atoms with Crippen molar-refractivity contribution in [1.82, 2.24) is 4.98 Å². The highest BCUT2D eigenvalue weighted by atomic mass is 35.5. The van der Waals surface area contributed by atoms with Gasteiger partial charge in [0.15, 0.2) is 15.0 Å². The summed E-state index contributed by atoms with van der Waals surface area (Å²) in [7, 11) is -3.44. The number of carbonyl (C=O) groups is 1. The summed E-state index contributed by atoms with van der Waals surface area (Å²) >= 11 is 7.72. The Morgan fingerprint density at radius 2 is 1.81 bits per heavy atom. The topological polar surface area (TPSA) is 67.3 Å². The molecule has 4 rings (SSSR count). The standard InChI is InChI=1S/C23H19ClN2O3S2/c1-15-11-12-19(24)21-20(15)25-23(30-21)26(14-16-7-4-3-5-8-16)22(27)17-9-6-10-18(13-17)31(2,28)29/h3-13H,14H2,1-2H3. The molecule has 1 amide bonds. The minimum Gasteiger partial charge on any atom is -0.279 e. The van der Waals surface area contributed by atoms with Gasteiger partial charge in [0.1, 0.15) is 0 Å². The first kappa shape index (κ1) is 21.5. The predicted octanol–water partition coefficient (Wildman–Crippen LogP) is 5.51. The van der Waals surface area contributed by atoms with Crippen LogP contribution >= 0.6 is 22.9 Å². The van der Waals surface area contributed by atoms with E-state index in [2.05, 4.69) is 0 Å². The smallest absolute Gasteiger partial charge is 0.260 e. The Balaban J connectivity index is 1.83. The van der Waals surface area contributed by atoms with E-state index in [1.807, 2.05) is 49.4 Å². The summed E-state index contributed by atoms with van der Waals surface area (Å²) < 4.78 is 24.8. The highest BCUT2D eigenvalue weighted by Crippen LogP contribution is 2.36. The molecular formula is C23H19ClN2O3S2. The zero-order valence-electron chi connectivity index (χ0n) is 16.9. The van der Waals surface area contributed by atoms with Gasteiger partial charge in [0.05, 0.1) is 26.7 Å². The molecule has 0 spiro atoms.